The molecule has 0 bridgehead atoms. The number of pyridine rings is 1. The third-order valence-corrected chi connectivity index (χ3v) is 4.23. The van der Waals surface area contributed by atoms with Crippen LogP contribution in [0.15, 0.2) is 18.3 Å². The van der Waals surface area contributed by atoms with Gasteiger partial charge in [0.15, 0.2) is 0 Å². The molecule has 5 heteroatoms. The van der Waals surface area contributed by atoms with Crippen molar-refractivity contribution in [1.82, 2.24) is 9.88 Å². The second kappa shape index (κ2) is 4.23. The minimum Gasteiger partial charge on any atom is -0.465 e. The second-order valence-electron chi connectivity index (χ2n) is 5.15. The van der Waals surface area contributed by atoms with Crippen LogP contribution < -0.4 is 0 Å². The summed E-state index contributed by atoms with van der Waals surface area (Å²) in [5, 5.41) is 9.29. The molecule has 1 aliphatic heterocycles. The van der Waals surface area contributed by atoms with E-state index in [4.69, 9.17) is 0 Å². The predicted molar refractivity (Wildman–Crippen MR) is 62.5 cm³/mol. The summed E-state index contributed by atoms with van der Waals surface area (Å²) in [6.45, 7) is 0.599. The monoisotopic (exact) mass is 250 g/mol. The van der Waals surface area contributed by atoms with E-state index in [1.54, 1.807) is 6.07 Å². The lowest BCUT2D eigenvalue weighted by Gasteiger charge is -2.25. The van der Waals surface area contributed by atoms with Crippen LogP contribution in [-0.2, 0) is 0 Å². The Labute approximate surface area is 104 Å². The van der Waals surface area contributed by atoms with Crippen LogP contribution in [-0.4, -0.2) is 27.6 Å². The Kier molecular flexibility index (Phi) is 2.69. The first-order valence-corrected chi connectivity index (χ1v) is 6.28. The minimum absolute atomic E-state index is 0.150. The molecule has 3 rings (SSSR count). The van der Waals surface area contributed by atoms with E-state index in [2.05, 4.69) is 4.98 Å². The van der Waals surface area contributed by atoms with E-state index in [0.717, 1.165) is 24.8 Å². The summed E-state index contributed by atoms with van der Waals surface area (Å²) >= 11 is 0. The van der Waals surface area contributed by atoms with Gasteiger partial charge in [0.05, 0.1) is 6.04 Å². The van der Waals surface area contributed by atoms with Crippen LogP contribution in [0, 0.1) is 17.8 Å². The van der Waals surface area contributed by atoms with Crippen molar-refractivity contribution in [2.45, 2.75) is 25.3 Å². The van der Waals surface area contributed by atoms with Gasteiger partial charge >= 0.3 is 6.09 Å². The van der Waals surface area contributed by atoms with Crippen molar-refractivity contribution in [3.63, 3.8) is 0 Å². The number of halogens is 1. The molecule has 0 spiro atoms. The molecule has 3 unspecified atom stereocenters. The van der Waals surface area contributed by atoms with Crippen molar-refractivity contribution in [3.8, 4) is 0 Å². The zero-order valence-corrected chi connectivity index (χ0v) is 9.92. The van der Waals surface area contributed by atoms with E-state index in [1.165, 1.54) is 17.2 Å². The van der Waals surface area contributed by atoms with Gasteiger partial charge in [-0.3, -0.25) is 0 Å². The topological polar surface area (TPSA) is 53.4 Å². The number of fused-ring (bicyclic) bond motifs is 1. The number of nitrogens with zero attached hydrogens (tertiary/aromatic N) is 2. The SMILES string of the molecule is O=C(O)N1CC2CCCC2C1c1ccc(F)nc1. The molecule has 0 radical (unpaired) electrons. The Hall–Kier alpha value is -1.65. The highest BCUT2D eigenvalue weighted by Gasteiger charge is 2.46. The smallest absolute Gasteiger partial charge is 0.407 e. The van der Waals surface area contributed by atoms with Gasteiger partial charge in [-0.1, -0.05) is 12.5 Å². The third kappa shape index (κ3) is 1.74. The number of aromatic nitrogens is 1. The average molecular weight is 250 g/mol. The Morgan fingerprint density at radius 2 is 2.28 bits per heavy atom. The lowest BCUT2D eigenvalue weighted by Crippen LogP contribution is -2.31. The zero-order chi connectivity index (χ0) is 12.7. The van der Waals surface area contributed by atoms with Crippen molar-refractivity contribution >= 4 is 6.09 Å². The highest BCUT2D eigenvalue weighted by molar-refractivity contribution is 5.66. The van der Waals surface area contributed by atoms with Gasteiger partial charge in [-0.15, -0.1) is 0 Å². The summed E-state index contributed by atoms with van der Waals surface area (Å²) in [5.41, 5.74) is 0.813. The molecule has 96 valence electrons. The van der Waals surface area contributed by atoms with Crippen LogP contribution in [0.5, 0.6) is 0 Å². The van der Waals surface area contributed by atoms with E-state index >= 15 is 0 Å². The summed E-state index contributed by atoms with van der Waals surface area (Å²) in [4.78, 5) is 16.4. The normalized spacial score (nSPS) is 30.5. The molecular formula is C13H15FN2O2. The van der Waals surface area contributed by atoms with Gasteiger partial charge in [0.25, 0.3) is 0 Å². The molecule has 1 saturated carbocycles. The zero-order valence-electron chi connectivity index (χ0n) is 9.92. The summed E-state index contributed by atoms with van der Waals surface area (Å²) < 4.78 is 12.9. The lowest BCUT2D eigenvalue weighted by atomic mass is 9.90. The summed E-state index contributed by atoms with van der Waals surface area (Å²) in [6.07, 6.45) is 3.89. The van der Waals surface area contributed by atoms with E-state index in [1.807, 2.05) is 0 Å². The van der Waals surface area contributed by atoms with Crippen molar-refractivity contribution < 1.29 is 14.3 Å². The molecule has 1 amide bonds. The van der Waals surface area contributed by atoms with Gasteiger partial charge in [-0.05, 0) is 36.3 Å². The maximum absolute atomic E-state index is 12.9. The minimum atomic E-state index is -0.890. The van der Waals surface area contributed by atoms with Gasteiger partial charge in [-0.2, -0.15) is 4.39 Å². The predicted octanol–water partition coefficient (Wildman–Crippen LogP) is 2.67. The number of carboxylic acid groups (broad SMARTS) is 1. The lowest BCUT2D eigenvalue weighted by molar-refractivity contribution is 0.133. The fraction of sp³-hybridized carbons (Fsp3) is 0.538. The molecule has 1 aromatic heterocycles. The summed E-state index contributed by atoms with van der Waals surface area (Å²) in [7, 11) is 0. The molecule has 1 aliphatic carbocycles. The number of likely N-dealkylation sites (tertiary alicyclic amines) is 1. The fourth-order valence-corrected chi connectivity index (χ4v) is 3.49. The Bertz CT molecular complexity index is 463. The third-order valence-electron chi connectivity index (χ3n) is 4.23. The molecule has 18 heavy (non-hydrogen) atoms. The first-order valence-electron chi connectivity index (χ1n) is 6.28. The molecule has 1 aromatic rings. The van der Waals surface area contributed by atoms with Crippen LogP contribution in [0.4, 0.5) is 9.18 Å². The van der Waals surface area contributed by atoms with Crippen LogP contribution in [0.3, 0.4) is 0 Å². The molecule has 2 heterocycles. The van der Waals surface area contributed by atoms with E-state index < -0.39 is 12.0 Å². The summed E-state index contributed by atoms with van der Waals surface area (Å²) in [6, 6.07) is 2.81. The number of carbonyl (C=O) groups is 1. The van der Waals surface area contributed by atoms with E-state index in [-0.39, 0.29) is 6.04 Å². The van der Waals surface area contributed by atoms with Crippen LogP contribution >= 0.6 is 0 Å². The highest BCUT2D eigenvalue weighted by atomic mass is 19.1. The Morgan fingerprint density at radius 3 is 2.94 bits per heavy atom. The van der Waals surface area contributed by atoms with Crippen molar-refractivity contribution in [1.29, 1.82) is 0 Å². The molecule has 3 atom stereocenters. The maximum Gasteiger partial charge on any atom is 0.407 e. The Balaban J connectivity index is 1.95. The largest absolute Gasteiger partial charge is 0.465 e. The second-order valence-corrected chi connectivity index (χ2v) is 5.15. The highest BCUT2D eigenvalue weighted by Crippen LogP contribution is 2.49. The van der Waals surface area contributed by atoms with Crippen molar-refractivity contribution in [2.24, 2.45) is 11.8 Å². The van der Waals surface area contributed by atoms with Gasteiger partial charge in [0.1, 0.15) is 0 Å². The number of amides is 1. The molecule has 4 nitrogen and oxygen atoms in total. The van der Waals surface area contributed by atoms with Gasteiger partial charge in [0, 0.05) is 12.7 Å². The average Bonchev–Trinajstić information content (AvgIpc) is 2.90. The standard InChI is InChI=1S/C13H15FN2O2/c14-11-5-4-8(6-15-11)12-10-3-1-2-9(10)7-16(12)13(17)18/h4-6,9-10,12H,1-3,7H2,(H,17,18). The van der Waals surface area contributed by atoms with Crippen LogP contribution in [0.2, 0.25) is 0 Å². The van der Waals surface area contributed by atoms with Gasteiger partial charge < -0.3 is 10.0 Å². The quantitative estimate of drug-likeness (QED) is 0.779. The number of rotatable bonds is 1. The van der Waals surface area contributed by atoms with Gasteiger partial charge in [0.2, 0.25) is 5.95 Å². The molecule has 1 saturated heterocycles. The molecule has 0 aromatic carbocycles. The molecule has 1 N–H and O–H groups in total. The van der Waals surface area contributed by atoms with E-state index in [0.29, 0.717) is 18.4 Å². The first kappa shape index (κ1) is 11.4. The fourth-order valence-electron chi connectivity index (χ4n) is 3.49. The van der Waals surface area contributed by atoms with Crippen molar-refractivity contribution in [2.75, 3.05) is 6.54 Å². The summed E-state index contributed by atoms with van der Waals surface area (Å²) in [5.74, 6) is 0.297. The molecule has 2 aliphatic rings. The van der Waals surface area contributed by atoms with Crippen LogP contribution in [0.25, 0.3) is 0 Å². The maximum atomic E-state index is 12.9. The molecular weight excluding hydrogens is 235 g/mol. The Morgan fingerprint density at radius 1 is 1.44 bits per heavy atom. The molecule has 2 fully saturated rings. The van der Waals surface area contributed by atoms with Crippen molar-refractivity contribution in [3.05, 3.63) is 29.8 Å². The van der Waals surface area contributed by atoms with Crippen LogP contribution in [0.1, 0.15) is 30.9 Å². The number of hydrogen-bond donors (Lipinski definition) is 1. The number of hydrogen-bond acceptors (Lipinski definition) is 2. The van der Waals surface area contributed by atoms with Gasteiger partial charge in [-0.25, -0.2) is 9.78 Å². The van der Waals surface area contributed by atoms with E-state index in [9.17, 15) is 14.3 Å². The first-order chi connectivity index (χ1) is 8.66.